The van der Waals surface area contributed by atoms with Gasteiger partial charge in [-0.3, -0.25) is 15.0 Å². The summed E-state index contributed by atoms with van der Waals surface area (Å²) in [6.07, 6.45) is 5.33. The fourth-order valence-electron chi connectivity index (χ4n) is 9.88. The van der Waals surface area contributed by atoms with Gasteiger partial charge in [0.25, 0.3) is 0 Å². The zero-order valence-electron chi connectivity index (χ0n) is 33.6. The highest BCUT2D eigenvalue weighted by Crippen LogP contribution is 2.65. The van der Waals surface area contributed by atoms with Crippen LogP contribution in [0.3, 0.4) is 0 Å². The standard InChI is InChI=1S/C55H34N6OS/c1-3-14-35(15-4-1)60(36-16-5-2-6-17-36)37-18-11-19-38(34-37)61-46-24-8-10-26-49(46)63-54-47(61)30-28-43-53(54)62-48-25-9-7-21-40(48)55(43)41-22-13-31-57-51(41)52-42(55)27-29-44(59-52)39-20-12-23-45-50(39)58-33-32-56-45/h1-34H. The van der Waals surface area contributed by atoms with Gasteiger partial charge in [0.05, 0.1) is 49.8 Å². The molecule has 1 unspecified atom stereocenters. The lowest BCUT2D eigenvalue weighted by atomic mass is 9.66. The maximum absolute atomic E-state index is 7.20. The Labute approximate surface area is 368 Å². The molecule has 13 rings (SSSR count). The van der Waals surface area contributed by atoms with Gasteiger partial charge in [0.1, 0.15) is 11.5 Å². The summed E-state index contributed by atoms with van der Waals surface area (Å²) in [7, 11) is 0. The number of fused-ring (bicyclic) bond motifs is 13. The second-order valence-corrected chi connectivity index (χ2v) is 16.8. The SMILES string of the molecule is c1ccc(N(c2ccccc2)c2cccc(N3c4ccccc4Sc4c3ccc3c4Oc4ccccc4C34c3cccnc3-c3nc(-c5cccc6nccnc56)ccc34)c2)cc1. The lowest BCUT2D eigenvalue weighted by Gasteiger charge is -2.41. The highest BCUT2D eigenvalue weighted by molar-refractivity contribution is 7.99. The molecule has 0 N–H and O–H groups in total. The van der Waals surface area contributed by atoms with E-state index in [-0.39, 0.29) is 0 Å². The van der Waals surface area contributed by atoms with Crippen molar-refractivity contribution in [2.75, 3.05) is 9.80 Å². The summed E-state index contributed by atoms with van der Waals surface area (Å²) in [6.45, 7) is 0. The number of pyridine rings is 2. The summed E-state index contributed by atoms with van der Waals surface area (Å²) in [5.41, 5.74) is 15.0. The molecule has 0 amide bonds. The van der Waals surface area contributed by atoms with Crippen LogP contribution in [0.4, 0.5) is 34.1 Å². The number of hydrogen-bond acceptors (Lipinski definition) is 8. The van der Waals surface area contributed by atoms with Crippen LogP contribution in [0.1, 0.15) is 22.3 Å². The molecular formula is C55H34N6OS. The van der Waals surface area contributed by atoms with Gasteiger partial charge in [0, 0.05) is 62.9 Å². The van der Waals surface area contributed by atoms with Gasteiger partial charge in [0.15, 0.2) is 0 Å². The third-order valence-electron chi connectivity index (χ3n) is 12.4. The van der Waals surface area contributed by atoms with Crippen LogP contribution in [0, 0.1) is 0 Å². The predicted octanol–water partition coefficient (Wildman–Crippen LogP) is 14.0. The maximum Gasteiger partial charge on any atom is 0.148 e. The zero-order valence-corrected chi connectivity index (χ0v) is 34.4. The van der Waals surface area contributed by atoms with Crippen LogP contribution in [0.5, 0.6) is 11.5 Å². The van der Waals surface area contributed by atoms with Crippen molar-refractivity contribution in [2.45, 2.75) is 15.2 Å². The number of anilines is 6. The molecule has 0 radical (unpaired) electrons. The van der Waals surface area contributed by atoms with Gasteiger partial charge in [0.2, 0.25) is 0 Å². The first-order valence-corrected chi connectivity index (χ1v) is 21.8. The number of para-hydroxylation sites is 5. The van der Waals surface area contributed by atoms with E-state index in [0.29, 0.717) is 0 Å². The van der Waals surface area contributed by atoms with Crippen molar-refractivity contribution in [3.8, 4) is 34.1 Å². The Morgan fingerprint density at radius 2 is 1.22 bits per heavy atom. The molecule has 63 heavy (non-hydrogen) atoms. The van der Waals surface area contributed by atoms with E-state index in [1.807, 2.05) is 24.4 Å². The van der Waals surface area contributed by atoms with Crippen LogP contribution in [0.25, 0.3) is 33.7 Å². The molecule has 0 bridgehead atoms. The highest BCUT2D eigenvalue weighted by atomic mass is 32.2. The Morgan fingerprint density at radius 3 is 2.10 bits per heavy atom. The fraction of sp³-hybridized carbons (Fsp3) is 0.0182. The van der Waals surface area contributed by atoms with Gasteiger partial charge in [-0.1, -0.05) is 115 Å². The van der Waals surface area contributed by atoms with E-state index < -0.39 is 5.41 Å². The number of ether oxygens (including phenoxy) is 1. The van der Waals surface area contributed by atoms with Gasteiger partial charge < -0.3 is 14.5 Å². The molecule has 0 saturated heterocycles. The van der Waals surface area contributed by atoms with Crippen molar-refractivity contribution in [1.82, 2.24) is 19.9 Å². The molecule has 0 saturated carbocycles. The monoisotopic (exact) mass is 826 g/mol. The summed E-state index contributed by atoms with van der Waals surface area (Å²) in [4.78, 5) is 26.7. The highest BCUT2D eigenvalue weighted by Gasteiger charge is 2.53. The van der Waals surface area contributed by atoms with Crippen LogP contribution in [-0.4, -0.2) is 19.9 Å². The third kappa shape index (κ3) is 5.28. The lowest BCUT2D eigenvalue weighted by Crippen LogP contribution is -2.33. The zero-order chi connectivity index (χ0) is 41.5. The van der Waals surface area contributed by atoms with Crippen LogP contribution >= 0.6 is 11.8 Å². The molecule has 7 nitrogen and oxygen atoms in total. The minimum absolute atomic E-state index is 0.754. The average molecular weight is 827 g/mol. The molecule has 1 atom stereocenters. The number of hydrogen-bond donors (Lipinski definition) is 0. The molecule has 0 fully saturated rings. The van der Waals surface area contributed by atoms with Crippen LogP contribution in [-0.2, 0) is 5.41 Å². The van der Waals surface area contributed by atoms with Gasteiger partial charge in [-0.15, -0.1) is 0 Å². The van der Waals surface area contributed by atoms with Crippen molar-refractivity contribution < 1.29 is 4.74 Å². The number of nitrogens with zero attached hydrogens (tertiary/aromatic N) is 6. The van der Waals surface area contributed by atoms with E-state index in [9.17, 15) is 0 Å². The summed E-state index contributed by atoms with van der Waals surface area (Å²) in [5.74, 6) is 1.64. The Hall–Kier alpha value is -8.07. The molecule has 8 heteroatoms. The van der Waals surface area contributed by atoms with E-state index >= 15 is 0 Å². The largest absolute Gasteiger partial charge is 0.455 e. The van der Waals surface area contributed by atoms with Crippen molar-refractivity contribution in [2.24, 2.45) is 0 Å². The maximum atomic E-state index is 7.20. The summed E-state index contributed by atoms with van der Waals surface area (Å²) >= 11 is 1.76. The second-order valence-electron chi connectivity index (χ2n) is 15.8. The van der Waals surface area contributed by atoms with Crippen molar-refractivity contribution in [1.29, 1.82) is 0 Å². The number of aromatic nitrogens is 4. The van der Waals surface area contributed by atoms with E-state index in [0.717, 1.165) is 111 Å². The van der Waals surface area contributed by atoms with Crippen molar-refractivity contribution >= 4 is 56.9 Å². The second kappa shape index (κ2) is 14.0. The Kier molecular flexibility index (Phi) is 7.92. The molecule has 7 aromatic carbocycles. The Bertz CT molecular complexity index is 3410. The quantitative estimate of drug-likeness (QED) is 0.170. The van der Waals surface area contributed by atoms with Crippen LogP contribution < -0.4 is 14.5 Å². The Morgan fingerprint density at radius 1 is 0.508 bits per heavy atom. The third-order valence-corrected chi connectivity index (χ3v) is 13.6. The smallest absolute Gasteiger partial charge is 0.148 e. The molecule has 2 aliphatic heterocycles. The summed E-state index contributed by atoms with van der Waals surface area (Å²) in [6, 6.07) is 66.2. The minimum Gasteiger partial charge on any atom is -0.455 e. The Balaban J connectivity index is 1.02. The normalized spacial score (nSPS) is 15.1. The molecule has 5 heterocycles. The topological polar surface area (TPSA) is 67.3 Å². The summed E-state index contributed by atoms with van der Waals surface area (Å²) in [5, 5.41) is 0. The molecular weight excluding hydrogens is 793 g/mol. The van der Waals surface area contributed by atoms with E-state index in [1.54, 1.807) is 24.2 Å². The van der Waals surface area contributed by atoms with Crippen molar-refractivity contribution in [3.63, 3.8) is 0 Å². The number of benzene rings is 7. The molecule has 296 valence electrons. The van der Waals surface area contributed by atoms with Gasteiger partial charge in [-0.2, -0.15) is 0 Å². The summed E-state index contributed by atoms with van der Waals surface area (Å²) < 4.78 is 7.20. The first kappa shape index (κ1) is 35.7. The minimum atomic E-state index is -0.754. The molecule has 1 aliphatic carbocycles. The van der Waals surface area contributed by atoms with E-state index in [4.69, 9.17) is 19.7 Å². The predicted molar refractivity (Wildman–Crippen MR) is 251 cm³/mol. The molecule has 3 aromatic heterocycles. The molecule has 1 spiro atoms. The average Bonchev–Trinajstić information content (AvgIpc) is 3.63. The lowest BCUT2D eigenvalue weighted by molar-refractivity contribution is 0.426. The van der Waals surface area contributed by atoms with Crippen molar-refractivity contribution in [3.05, 3.63) is 229 Å². The van der Waals surface area contributed by atoms with Gasteiger partial charge in [-0.05, 0) is 96.1 Å². The fourth-order valence-corrected chi connectivity index (χ4v) is 11.0. The number of rotatable bonds is 5. The molecule has 3 aliphatic rings. The van der Waals surface area contributed by atoms with Gasteiger partial charge in [-0.25, -0.2) is 4.98 Å². The first-order chi connectivity index (χ1) is 31.3. The van der Waals surface area contributed by atoms with Gasteiger partial charge >= 0.3 is 0 Å². The van der Waals surface area contributed by atoms with Crippen LogP contribution in [0.15, 0.2) is 216 Å². The first-order valence-electron chi connectivity index (χ1n) is 21.0. The van der Waals surface area contributed by atoms with E-state index in [2.05, 4.69) is 185 Å². The van der Waals surface area contributed by atoms with Crippen LogP contribution in [0.2, 0.25) is 0 Å². The van der Waals surface area contributed by atoms with E-state index in [1.165, 1.54) is 0 Å². The molecule has 10 aromatic rings.